The van der Waals surface area contributed by atoms with Crippen molar-refractivity contribution in [3.63, 3.8) is 0 Å². The maximum atomic E-state index is 5.71. The highest BCUT2D eigenvalue weighted by Crippen LogP contribution is 2.28. The molecule has 0 spiro atoms. The summed E-state index contributed by atoms with van der Waals surface area (Å²) >= 11 is 7.05. The fourth-order valence-electron chi connectivity index (χ4n) is 2.00. The molecule has 0 aromatic heterocycles. The van der Waals surface area contributed by atoms with Crippen molar-refractivity contribution in [1.29, 1.82) is 0 Å². The van der Waals surface area contributed by atoms with Crippen LogP contribution in [0.25, 0.3) is 0 Å². The Bertz CT molecular complexity index is 553. The van der Waals surface area contributed by atoms with E-state index < -0.39 is 0 Å². The summed E-state index contributed by atoms with van der Waals surface area (Å²) < 4.78 is 2.10. The van der Waals surface area contributed by atoms with Crippen LogP contribution in [-0.4, -0.2) is 0 Å². The highest BCUT2D eigenvalue weighted by atomic mass is 79.9. The maximum Gasteiger partial charge on any atom is 0.0511 e. The average Bonchev–Trinajstić information content (AvgIpc) is 2.39. The molecule has 3 N–H and O–H groups in total. The molecule has 100 valence electrons. The molecule has 0 aliphatic heterocycles. The van der Waals surface area contributed by atoms with E-state index in [1.807, 2.05) is 12.1 Å². The quantitative estimate of drug-likeness (QED) is 0.611. The van der Waals surface area contributed by atoms with Crippen LogP contribution in [0.15, 0.2) is 51.4 Å². The largest absolute Gasteiger partial charge is 0.271 e. The number of aryl methyl sites for hydroxylation is 1. The van der Waals surface area contributed by atoms with Crippen LogP contribution < -0.4 is 11.3 Å². The molecule has 0 bridgehead atoms. The van der Waals surface area contributed by atoms with Gasteiger partial charge in [0.25, 0.3) is 0 Å². The number of nitrogens with two attached hydrogens (primary N) is 1. The molecule has 19 heavy (non-hydrogen) atoms. The molecule has 0 amide bonds. The summed E-state index contributed by atoms with van der Waals surface area (Å²) in [5.74, 6) is 5.71. The second kappa shape index (κ2) is 6.66. The first-order chi connectivity index (χ1) is 9.10. The average molecular weight is 384 g/mol. The molecule has 4 heteroatoms. The van der Waals surface area contributed by atoms with E-state index in [1.54, 1.807) is 0 Å². The van der Waals surface area contributed by atoms with Crippen LogP contribution in [0.4, 0.5) is 0 Å². The molecule has 2 aromatic rings. The summed E-state index contributed by atoms with van der Waals surface area (Å²) in [6, 6.07) is 14.8. The van der Waals surface area contributed by atoms with Gasteiger partial charge in [-0.15, -0.1) is 0 Å². The van der Waals surface area contributed by atoms with Gasteiger partial charge in [-0.25, -0.2) is 0 Å². The van der Waals surface area contributed by atoms with Gasteiger partial charge in [0.15, 0.2) is 0 Å². The Labute approximate surface area is 130 Å². The summed E-state index contributed by atoms with van der Waals surface area (Å²) in [7, 11) is 0. The zero-order valence-corrected chi connectivity index (χ0v) is 13.8. The minimum Gasteiger partial charge on any atom is -0.271 e. The van der Waals surface area contributed by atoms with Crippen molar-refractivity contribution in [2.24, 2.45) is 5.84 Å². The first-order valence-electron chi connectivity index (χ1n) is 6.07. The maximum absolute atomic E-state index is 5.71. The molecule has 1 atom stereocenters. The van der Waals surface area contributed by atoms with Crippen LogP contribution in [0.2, 0.25) is 0 Å². The van der Waals surface area contributed by atoms with Gasteiger partial charge in [-0.2, -0.15) is 0 Å². The van der Waals surface area contributed by atoms with E-state index in [1.165, 1.54) is 11.1 Å². The van der Waals surface area contributed by atoms with Crippen LogP contribution in [0.1, 0.15) is 22.7 Å². The summed E-state index contributed by atoms with van der Waals surface area (Å²) in [6.07, 6.45) is 0.858. The second-order valence-corrected chi connectivity index (χ2v) is 6.34. The normalized spacial score (nSPS) is 12.4. The standard InChI is InChI=1S/C15H16Br2N2/c1-10-2-4-11(5-3-10)8-15(19-18)13-7-6-12(16)9-14(13)17/h2-7,9,15,19H,8,18H2,1H3. The number of nitrogens with one attached hydrogen (secondary N) is 1. The Balaban J connectivity index is 2.22. The summed E-state index contributed by atoms with van der Waals surface area (Å²) in [5.41, 5.74) is 6.59. The van der Waals surface area contributed by atoms with E-state index in [9.17, 15) is 0 Å². The molecule has 1 unspecified atom stereocenters. The first kappa shape index (κ1) is 14.7. The lowest BCUT2D eigenvalue weighted by Crippen LogP contribution is -2.29. The van der Waals surface area contributed by atoms with Crippen LogP contribution >= 0.6 is 31.9 Å². The van der Waals surface area contributed by atoms with E-state index in [0.29, 0.717) is 0 Å². The Morgan fingerprint density at radius 3 is 2.37 bits per heavy atom. The van der Waals surface area contributed by atoms with Crippen molar-refractivity contribution in [2.75, 3.05) is 0 Å². The van der Waals surface area contributed by atoms with E-state index in [-0.39, 0.29) is 6.04 Å². The zero-order valence-electron chi connectivity index (χ0n) is 10.7. The molecule has 0 aliphatic carbocycles. The topological polar surface area (TPSA) is 38.0 Å². The molecule has 0 fully saturated rings. The van der Waals surface area contributed by atoms with Gasteiger partial charge < -0.3 is 0 Å². The molecule has 0 saturated carbocycles. The summed E-state index contributed by atoms with van der Waals surface area (Å²) in [6.45, 7) is 2.09. The summed E-state index contributed by atoms with van der Waals surface area (Å²) in [4.78, 5) is 0. The lowest BCUT2D eigenvalue weighted by Gasteiger charge is -2.18. The van der Waals surface area contributed by atoms with Gasteiger partial charge in [-0.3, -0.25) is 11.3 Å². The van der Waals surface area contributed by atoms with Gasteiger partial charge in [-0.05, 0) is 36.6 Å². The van der Waals surface area contributed by atoms with Crippen molar-refractivity contribution in [2.45, 2.75) is 19.4 Å². The molecular formula is C15H16Br2N2. The van der Waals surface area contributed by atoms with Crippen LogP contribution in [0.3, 0.4) is 0 Å². The Morgan fingerprint density at radius 1 is 1.11 bits per heavy atom. The number of halogens is 2. The minimum absolute atomic E-state index is 0.0881. The molecule has 0 heterocycles. The van der Waals surface area contributed by atoms with Crippen LogP contribution in [0, 0.1) is 6.92 Å². The van der Waals surface area contributed by atoms with E-state index in [4.69, 9.17) is 5.84 Å². The number of rotatable bonds is 4. The summed E-state index contributed by atoms with van der Waals surface area (Å²) in [5, 5.41) is 0. The second-order valence-electron chi connectivity index (χ2n) is 4.57. The lowest BCUT2D eigenvalue weighted by molar-refractivity contribution is 0.550. The van der Waals surface area contributed by atoms with Crippen molar-refractivity contribution < 1.29 is 0 Å². The van der Waals surface area contributed by atoms with Gasteiger partial charge in [-0.1, -0.05) is 67.8 Å². The smallest absolute Gasteiger partial charge is 0.0511 e. The van der Waals surface area contributed by atoms with Crippen molar-refractivity contribution >= 4 is 31.9 Å². The van der Waals surface area contributed by atoms with Crippen LogP contribution in [0.5, 0.6) is 0 Å². The molecule has 2 nitrogen and oxygen atoms in total. The van der Waals surface area contributed by atoms with E-state index in [2.05, 4.69) is 74.5 Å². The number of hydrogen-bond acceptors (Lipinski definition) is 2. The molecule has 0 radical (unpaired) electrons. The van der Waals surface area contributed by atoms with Crippen molar-refractivity contribution in [1.82, 2.24) is 5.43 Å². The van der Waals surface area contributed by atoms with Crippen molar-refractivity contribution in [3.05, 3.63) is 68.1 Å². The SMILES string of the molecule is Cc1ccc(CC(NN)c2ccc(Br)cc2Br)cc1. The third kappa shape index (κ3) is 3.89. The fraction of sp³-hybridized carbons (Fsp3) is 0.200. The molecule has 2 aromatic carbocycles. The van der Waals surface area contributed by atoms with E-state index >= 15 is 0 Å². The Kier molecular flexibility index (Phi) is 5.16. The Morgan fingerprint density at radius 2 is 1.79 bits per heavy atom. The van der Waals surface area contributed by atoms with E-state index in [0.717, 1.165) is 20.9 Å². The monoisotopic (exact) mass is 382 g/mol. The van der Waals surface area contributed by atoms with Gasteiger partial charge >= 0.3 is 0 Å². The molecule has 0 aliphatic rings. The lowest BCUT2D eigenvalue weighted by atomic mass is 9.99. The highest BCUT2D eigenvalue weighted by molar-refractivity contribution is 9.11. The van der Waals surface area contributed by atoms with Crippen LogP contribution in [-0.2, 0) is 6.42 Å². The van der Waals surface area contributed by atoms with Gasteiger partial charge in [0.2, 0.25) is 0 Å². The number of hydrazine groups is 1. The number of hydrogen-bond donors (Lipinski definition) is 2. The first-order valence-corrected chi connectivity index (χ1v) is 7.65. The highest BCUT2D eigenvalue weighted by Gasteiger charge is 2.13. The van der Waals surface area contributed by atoms with Crippen molar-refractivity contribution in [3.8, 4) is 0 Å². The third-order valence-electron chi connectivity index (χ3n) is 3.10. The predicted molar refractivity (Wildman–Crippen MR) is 86.8 cm³/mol. The number of benzene rings is 2. The van der Waals surface area contributed by atoms with Gasteiger partial charge in [0.1, 0.15) is 0 Å². The third-order valence-corrected chi connectivity index (χ3v) is 4.28. The Hall–Kier alpha value is -0.680. The minimum atomic E-state index is 0.0881. The molecular weight excluding hydrogens is 368 g/mol. The molecule has 2 rings (SSSR count). The fourth-order valence-corrected chi connectivity index (χ4v) is 3.33. The molecule has 0 saturated heterocycles. The predicted octanol–water partition coefficient (Wildman–Crippen LogP) is 4.27. The van der Waals surface area contributed by atoms with Gasteiger partial charge in [0, 0.05) is 8.95 Å². The zero-order chi connectivity index (χ0) is 13.8. The van der Waals surface area contributed by atoms with Gasteiger partial charge in [0.05, 0.1) is 6.04 Å².